The Morgan fingerprint density at radius 3 is 2.40 bits per heavy atom. The lowest BCUT2D eigenvalue weighted by molar-refractivity contribution is -0.202. The molecular weight excluding hydrogens is 215 g/mol. The van der Waals surface area contributed by atoms with Crippen LogP contribution in [0, 0.1) is 5.92 Å². The first kappa shape index (κ1) is 12.3. The van der Waals surface area contributed by atoms with Crippen molar-refractivity contribution >= 4 is 5.97 Å². The van der Waals surface area contributed by atoms with Crippen LogP contribution in [0.4, 0.5) is 13.2 Å². The lowest BCUT2D eigenvalue weighted by Gasteiger charge is -2.34. The van der Waals surface area contributed by atoms with Crippen LogP contribution in [0.2, 0.25) is 0 Å². The van der Waals surface area contributed by atoms with Crippen molar-refractivity contribution < 1.29 is 28.2 Å². The van der Waals surface area contributed by atoms with E-state index in [4.69, 9.17) is 10.2 Å². The van der Waals surface area contributed by atoms with Gasteiger partial charge in [-0.3, -0.25) is 4.79 Å². The summed E-state index contributed by atoms with van der Waals surface area (Å²) >= 11 is 0. The van der Waals surface area contributed by atoms with E-state index in [-0.39, 0.29) is 0 Å². The number of halogens is 3. The van der Waals surface area contributed by atoms with Crippen LogP contribution in [0.3, 0.4) is 0 Å². The van der Waals surface area contributed by atoms with Gasteiger partial charge in [0.15, 0.2) is 6.10 Å². The molecule has 1 fully saturated rings. The Balaban J connectivity index is 2.29. The van der Waals surface area contributed by atoms with Gasteiger partial charge in [-0.05, 0) is 12.8 Å². The Morgan fingerprint density at radius 2 is 2.07 bits per heavy atom. The quantitative estimate of drug-likeness (QED) is 0.648. The Hall–Kier alpha value is -0.820. The Bertz CT molecular complexity index is 244. The second-order valence-corrected chi connectivity index (χ2v) is 3.59. The van der Waals surface area contributed by atoms with Gasteiger partial charge in [-0.1, -0.05) is 0 Å². The van der Waals surface area contributed by atoms with Crippen LogP contribution in [-0.4, -0.2) is 41.0 Å². The number of aliphatic hydroxyl groups excluding tert-OH is 1. The molecule has 0 amide bonds. The van der Waals surface area contributed by atoms with Crippen LogP contribution in [0.25, 0.3) is 0 Å². The first-order valence-electron chi connectivity index (χ1n) is 4.53. The number of nitrogens with one attached hydrogen (secondary N) is 1. The fourth-order valence-electron chi connectivity index (χ4n) is 1.42. The lowest BCUT2D eigenvalue weighted by atomic mass is 9.79. The van der Waals surface area contributed by atoms with Crippen molar-refractivity contribution in [3.8, 4) is 0 Å². The van der Waals surface area contributed by atoms with Crippen molar-refractivity contribution in [3.05, 3.63) is 0 Å². The van der Waals surface area contributed by atoms with Crippen LogP contribution in [0.15, 0.2) is 0 Å². The van der Waals surface area contributed by atoms with Gasteiger partial charge in [0.1, 0.15) is 0 Å². The topological polar surface area (TPSA) is 69.6 Å². The van der Waals surface area contributed by atoms with Crippen LogP contribution in [0.5, 0.6) is 0 Å². The normalized spacial score (nSPS) is 28.3. The molecule has 3 unspecified atom stereocenters. The van der Waals surface area contributed by atoms with Crippen molar-refractivity contribution in [2.75, 3.05) is 6.54 Å². The number of hydrogen-bond acceptors (Lipinski definition) is 3. The molecule has 0 aliphatic heterocycles. The molecule has 15 heavy (non-hydrogen) atoms. The Labute approximate surface area is 84.1 Å². The van der Waals surface area contributed by atoms with E-state index >= 15 is 0 Å². The van der Waals surface area contributed by atoms with E-state index in [1.54, 1.807) is 0 Å². The first-order chi connectivity index (χ1) is 6.82. The summed E-state index contributed by atoms with van der Waals surface area (Å²) in [5, 5.41) is 19.7. The molecule has 3 atom stereocenters. The van der Waals surface area contributed by atoms with E-state index in [1.807, 2.05) is 0 Å². The molecule has 0 aromatic carbocycles. The molecule has 1 saturated carbocycles. The number of aliphatic carboxylic acids is 1. The predicted octanol–water partition coefficient (Wildman–Crippen LogP) is 0.362. The highest BCUT2D eigenvalue weighted by atomic mass is 19.4. The van der Waals surface area contributed by atoms with Crippen molar-refractivity contribution in [3.63, 3.8) is 0 Å². The van der Waals surface area contributed by atoms with Gasteiger partial charge in [-0.2, -0.15) is 13.2 Å². The number of carboxylic acids is 1. The van der Waals surface area contributed by atoms with E-state index < -0.39 is 36.8 Å². The molecule has 3 N–H and O–H groups in total. The summed E-state index contributed by atoms with van der Waals surface area (Å²) < 4.78 is 35.6. The standard InChI is InChI=1S/C8H12F3NO3/c9-8(10,11)6(13)3-12-5-2-1-4(5)7(14)15/h4-6,12-13H,1-3H2,(H,14,15). The molecule has 0 aromatic heterocycles. The minimum absolute atomic E-state index is 0.459. The fourth-order valence-corrected chi connectivity index (χ4v) is 1.42. The monoisotopic (exact) mass is 227 g/mol. The molecule has 0 saturated heterocycles. The third-order valence-electron chi connectivity index (χ3n) is 2.54. The molecule has 0 spiro atoms. The third kappa shape index (κ3) is 3.07. The van der Waals surface area contributed by atoms with E-state index in [1.165, 1.54) is 0 Å². The molecule has 4 nitrogen and oxygen atoms in total. The molecule has 7 heteroatoms. The van der Waals surface area contributed by atoms with Crippen LogP contribution < -0.4 is 5.32 Å². The number of carbonyl (C=O) groups is 1. The van der Waals surface area contributed by atoms with E-state index in [0.717, 1.165) is 0 Å². The van der Waals surface area contributed by atoms with Crippen molar-refractivity contribution in [2.45, 2.75) is 31.2 Å². The van der Waals surface area contributed by atoms with Crippen molar-refractivity contribution in [2.24, 2.45) is 5.92 Å². The summed E-state index contributed by atoms with van der Waals surface area (Å²) in [6.07, 6.45) is -6.10. The van der Waals surface area contributed by atoms with Gasteiger partial charge in [-0.15, -0.1) is 0 Å². The number of alkyl halides is 3. The highest BCUT2D eigenvalue weighted by molar-refractivity contribution is 5.72. The molecule has 0 radical (unpaired) electrons. The third-order valence-corrected chi connectivity index (χ3v) is 2.54. The lowest BCUT2D eigenvalue weighted by Crippen LogP contribution is -2.51. The first-order valence-corrected chi connectivity index (χ1v) is 4.53. The van der Waals surface area contributed by atoms with Crippen molar-refractivity contribution in [1.29, 1.82) is 0 Å². The summed E-state index contributed by atoms with van der Waals surface area (Å²) in [7, 11) is 0. The zero-order chi connectivity index (χ0) is 11.6. The van der Waals surface area contributed by atoms with Crippen LogP contribution in [-0.2, 0) is 4.79 Å². The molecule has 88 valence electrons. The number of hydrogen-bond donors (Lipinski definition) is 3. The second kappa shape index (κ2) is 4.36. The molecular formula is C8H12F3NO3. The second-order valence-electron chi connectivity index (χ2n) is 3.59. The average Bonchev–Trinajstić information content (AvgIpc) is 1.98. The number of rotatable bonds is 4. The smallest absolute Gasteiger partial charge is 0.415 e. The minimum Gasteiger partial charge on any atom is -0.481 e. The van der Waals surface area contributed by atoms with Gasteiger partial charge in [0.25, 0.3) is 0 Å². The van der Waals surface area contributed by atoms with Crippen LogP contribution >= 0.6 is 0 Å². The predicted molar refractivity (Wildman–Crippen MR) is 44.2 cm³/mol. The molecule has 0 aromatic rings. The fraction of sp³-hybridized carbons (Fsp3) is 0.875. The van der Waals surface area contributed by atoms with E-state index in [9.17, 15) is 18.0 Å². The Kier molecular flexibility index (Phi) is 3.56. The maximum atomic E-state index is 11.9. The molecule has 0 bridgehead atoms. The number of carboxylic acid groups (broad SMARTS) is 1. The molecule has 1 rings (SSSR count). The van der Waals surface area contributed by atoms with Gasteiger partial charge in [0.2, 0.25) is 0 Å². The SMILES string of the molecule is O=C(O)C1CCC1NCC(O)C(F)(F)F. The summed E-state index contributed by atoms with van der Waals surface area (Å²) in [6, 6.07) is -0.459. The van der Waals surface area contributed by atoms with Gasteiger partial charge >= 0.3 is 12.1 Å². The zero-order valence-electron chi connectivity index (χ0n) is 7.79. The highest BCUT2D eigenvalue weighted by Gasteiger charge is 2.41. The maximum absolute atomic E-state index is 11.9. The van der Waals surface area contributed by atoms with Gasteiger partial charge in [0, 0.05) is 12.6 Å². The summed E-state index contributed by atoms with van der Waals surface area (Å²) in [5.41, 5.74) is 0. The van der Waals surface area contributed by atoms with Gasteiger partial charge in [0.05, 0.1) is 5.92 Å². The molecule has 1 aliphatic rings. The van der Waals surface area contributed by atoms with E-state index in [0.29, 0.717) is 12.8 Å². The van der Waals surface area contributed by atoms with Gasteiger partial charge < -0.3 is 15.5 Å². The molecule has 0 heterocycles. The average molecular weight is 227 g/mol. The highest BCUT2D eigenvalue weighted by Crippen LogP contribution is 2.28. The largest absolute Gasteiger partial charge is 0.481 e. The minimum atomic E-state index is -4.66. The number of aliphatic hydroxyl groups is 1. The van der Waals surface area contributed by atoms with Gasteiger partial charge in [-0.25, -0.2) is 0 Å². The van der Waals surface area contributed by atoms with E-state index in [2.05, 4.69) is 5.32 Å². The molecule has 1 aliphatic carbocycles. The van der Waals surface area contributed by atoms with Crippen LogP contribution in [0.1, 0.15) is 12.8 Å². The Morgan fingerprint density at radius 1 is 1.47 bits per heavy atom. The van der Waals surface area contributed by atoms with Crippen molar-refractivity contribution in [1.82, 2.24) is 5.32 Å². The zero-order valence-corrected chi connectivity index (χ0v) is 7.79. The summed E-state index contributed by atoms with van der Waals surface area (Å²) in [5.74, 6) is -1.65. The summed E-state index contributed by atoms with van der Waals surface area (Å²) in [4.78, 5) is 10.5. The summed E-state index contributed by atoms with van der Waals surface area (Å²) in [6.45, 7) is -0.655. The maximum Gasteiger partial charge on any atom is 0.415 e.